The summed E-state index contributed by atoms with van der Waals surface area (Å²) in [6.45, 7) is 26.3. The zero-order valence-corrected chi connectivity index (χ0v) is 23.0. The fourth-order valence-electron chi connectivity index (χ4n) is 4.17. The molecule has 0 saturated heterocycles. The van der Waals surface area contributed by atoms with E-state index in [2.05, 4.69) is 92.5 Å². The SMILES string of the molecule is C=C(CNC(=C)C(CN)Cc1ccccc1)NC(CCCNC(C)C)C(=C)N(CCC)CCCC. The topological polar surface area (TPSA) is 65.3 Å². The Hall–Kier alpha value is -2.24. The summed E-state index contributed by atoms with van der Waals surface area (Å²) in [7, 11) is 0. The van der Waals surface area contributed by atoms with Crippen molar-refractivity contribution in [2.75, 3.05) is 32.7 Å². The van der Waals surface area contributed by atoms with Gasteiger partial charge in [0.15, 0.2) is 0 Å². The van der Waals surface area contributed by atoms with Gasteiger partial charge >= 0.3 is 0 Å². The standard InChI is InChI=1S/C30H53N5/c1-8-10-20-35(19-9-2)27(7)30(17-14-18-32-24(3)4)34-25(5)23-33-26(6)29(22-31)21-28-15-12-11-13-16-28/h11-13,15-16,24,29-30,32-34H,5-10,14,17-23,31H2,1-4H3. The van der Waals surface area contributed by atoms with Crippen molar-refractivity contribution in [3.05, 3.63) is 72.7 Å². The van der Waals surface area contributed by atoms with E-state index in [1.807, 2.05) is 6.07 Å². The van der Waals surface area contributed by atoms with Crippen LogP contribution in [0.2, 0.25) is 0 Å². The Morgan fingerprint density at radius 2 is 1.71 bits per heavy atom. The molecule has 1 aromatic rings. The fourth-order valence-corrected chi connectivity index (χ4v) is 4.17. The van der Waals surface area contributed by atoms with Gasteiger partial charge in [0, 0.05) is 48.7 Å². The number of nitrogens with one attached hydrogen (secondary N) is 3. The molecule has 5 nitrogen and oxygen atoms in total. The lowest BCUT2D eigenvalue weighted by atomic mass is 9.96. The van der Waals surface area contributed by atoms with Gasteiger partial charge < -0.3 is 26.6 Å². The van der Waals surface area contributed by atoms with E-state index in [4.69, 9.17) is 5.73 Å². The molecule has 0 aromatic heterocycles. The van der Waals surface area contributed by atoms with E-state index in [9.17, 15) is 0 Å². The molecule has 198 valence electrons. The third-order valence-corrected chi connectivity index (χ3v) is 6.32. The fraction of sp³-hybridized carbons (Fsp3) is 0.600. The van der Waals surface area contributed by atoms with Crippen molar-refractivity contribution in [2.45, 2.75) is 78.3 Å². The van der Waals surface area contributed by atoms with Crippen molar-refractivity contribution in [3.8, 4) is 0 Å². The molecule has 2 unspecified atom stereocenters. The molecule has 0 saturated carbocycles. The molecule has 0 aliphatic rings. The maximum Gasteiger partial charge on any atom is 0.0653 e. The van der Waals surface area contributed by atoms with Gasteiger partial charge in [0.25, 0.3) is 0 Å². The van der Waals surface area contributed by atoms with Crippen LogP contribution in [0.1, 0.15) is 65.4 Å². The highest BCUT2D eigenvalue weighted by atomic mass is 15.2. The molecule has 0 heterocycles. The highest BCUT2D eigenvalue weighted by molar-refractivity contribution is 5.18. The summed E-state index contributed by atoms with van der Waals surface area (Å²) in [6, 6.07) is 11.1. The quantitative estimate of drug-likeness (QED) is 0.181. The van der Waals surface area contributed by atoms with Crippen LogP contribution in [0.3, 0.4) is 0 Å². The smallest absolute Gasteiger partial charge is 0.0653 e. The highest BCUT2D eigenvalue weighted by Gasteiger charge is 2.19. The molecule has 0 spiro atoms. The second-order valence-corrected chi connectivity index (χ2v) is 9.88. The van der Waals surface area contributed by atoms with Gasteiger partial charge in [-0.25, -0.2) is 0 Å². The van der Waals surface area contributed by atoms with Gasteiger partial charge in [-0.05, 0) is 44.2 Å². The van der Waals surface area contributed by atoms with Crippen molar-refractivity contribution >= 4 is 0 Å². The average Bonchev–Trinajstić information content (AvgIpc) is 2.85. The number of rotatable bonds is 21. The van der Waals surface area contributed by atoms with E-state index in [0.717, 1.165) is 56.7 Å². The minimum Gasteiger partial charge on any atom is -0.383 e. The van der Waals surface area contributed by atoms with Crippen LogP contribution in [0, 0.1) is 5.92 Å². The highest BCUT2D eigenvalue weighted by Crippen LogP contribution is 2.17. The lowest BCUT2D eigenvalue weighted by Gasteiger charge is -2.33. The van der Waals surface area contributed by atoms with Crippen LogP contribution < -0.4 is 21.7 Å². The summed E-state index contributed by atoms with van der Waals surface area (Å²) >= 11 is 0. The van der Waals surface area contributed by atoms with Crippen LogP contribution >= 0.6 is 0 Å². The second kappa shape index (κ2) is 18.1. The Kier molecular flexibility index (Phi) is 15.9. The van der Waals surface area contributed by atoms with Crippen LogP contribution in [0.5, 0.6) is 0 Å². The second-order valence-electron chi connectivity index (χ2n) is 9.88. The van der Waals surface area contributed by atoms with E-state index in [-0.39, 0.29) is 12.0 Å². The Morgan fingerprint density at radius 1 is 1.00 bits per heavy atom. The molecule has 1 aromatic carbocycles. The molecular weight excluding hydrogens is 430 g/mol. The number of nitrogens with zero attached hydrogens (tertiary/aromatic N) is 1. The molecule has 5 N–H and O–H groups in total. The van der Waals surface area contributed by atoms with Crippen molar-refractivity contribution in [1.29, 1.82) is 0 Å². The number of hydrogen-bond donors (Lipinski definition) is 4. The van der Waals surface area contributed by atoms with Crippen molar-refractivity contribution in [2.24, 2.45) is 11.7 Å². The van der Waals surface area contributed by atoms with Crippen molar-refractivity contribution in [1.82, 2.24) is 20.9 Å². The summed E-state index contributed by atoms with van der Waals surface area (Å²) in [5, 5.41) is 10.7. The van der Waals surface area contributed by atoms with Gasteiger partial charge in [-0.2, -0.15) is 0 Å². The monoisotopic (exact) mass is 483 g/mol. The molecular formula is C30H53N5. The summed E-state index contributed by atoms with van der Waals surface area (Å²) < 4.78 is 0. The molecule has 35 heavy (non-hydrogen) atoms. The zero-order chi connectivity index (χ0) is 26.1. The first kappa shape index (κ1) is 30.8. The third kappa shape index (κ3) is 12.9. The van der Waals surface area contributed by atoms with Gasteiger partial charge in [-0.1, -0.05) is 84.2 Å². The molecule has 2 atom stereocenters. The van der Waals surface area contributed by atoms with Gasteiger partial charge in [-0.15, -0.1) is 0 Å². The predicted molar refractivity (Wildman–Crippen MR) is 154 cm³/mol. The molecule has 1 rings (SSSR count). The number of benzene rings is 1. The van der Waals surface area contributed by atoms with Crippen LogP contribution in [0.4, 0.5) is 0 Å². The third-order valence-electron chi connectivity index (χ3n) is 6.32. The van der Waals surface area contributed by atoms with Gasteiger partial charge in [-0.3, -0.25) is 0 Å². The number of hydrogen-bond acceptors (Lipinski definition) is 5. The van der Waals surface area contributed by atoms with Gasteiger partial charge in [0.1, 0.15) is 0 Å². The summed E-state index contributed by atoms with van der Waals surface area (Å²) in [6.07, 6.45) is 6.48. The molecule has 0 bridgehead atoms. The van der Waals surface area contributed by atoms with E-state index >= 15 is 0 Å². The van der Waals surface area contributed by atoms with Crippen molar-refractivity contribution in [3.63, 3.8) is 0 Å². The molecule has 0 radical (unpaired) electrons. The Labute approximate surface area is 216 Å². The first-order valence-corrected chi connectivity index (χ1v) is 13.6. The van der Waals surface area contributed by atoms with Crippen LogP contribution in [-0.2, 0) is 6.42 Å². The molecule has 0 aliphatic heterocycles. The lowest BCUT2D eigenvalue weighted by Crippen LogP contribution is -2.41. The van der Waals surface area contributed by atoms with Gasteiger partial charge in [0.2, 0.25) is 0 Å². The summed E-state index contributed by atoms with van der Waals surface area (Å²) in [5.41, 5.74) is 10.4. The van der Waals surface area contributed by atoms with E-state index < -0.39 is 0 Å². The van der Waals surface area contributed by atoms with Crippen LogP contribution in [-0.4, -0.2) is 49.7 Å². The summed E-state index contributed by atoms with van der Waals surface area (Å²) in [5.74, 6) is 0.187. The molecule has 0 amide bonds. The van der Waals surface area contributed by atoms with E-state index in [1.165, 1.54) is 24.1 Å². The average molecular weight is 484 g/mol. The number of nitrogens with two attached hydrogens (primary N) is 1. The largest absolute Gasteiger partial charge is 0.383 e. The minimum absolute atomic E-state index is 0.171. The zero-order valence-electron chi connectivity index (χ0n) is 23.0. The molecule has 5 heteroatoms. The van der Waals surface area contributed by atoms with Crippen molar-refractivity contribution < 1.29 is 0 Å². The lowest BCUT2D eigenvalue weighted by molar-refractivity contribution is 0.302. The number of unbranched alkanes of at least 4 members (excludes halogenated alkanes) is 1. The first-order chi connectivity index (χ1) is 16.8. The Balaban J connectivity index is 2.72. The van der Waals surface area contributed by atoms with Crippen LogP contribution in [0.25, 0.3) is 0 Å². The normalized spacial score (nSPS) is 12.7. The predicted octanol–water partition coefficient (Wildman–Crippen LogP) is 5.18. The molecule has 0 fully saturated rings. The molecule has 0 aliphatic carbocycles. The van der Waals surface area contributed by atoms with Gasteiger partial charge in [0.05, 0.1) is 12.6 Å². The maximum absolute atomic E-state index is 6.08. The Morgan fingerprint density at radius 3 is 2.31 bits per heavy atom. The summed E-state index contributed by atoms with van der Waals surface area (Å²) in [4.78, 5) is 2.46. The van der Waals surface area contributed by atoms with E-state index in [1.54, 1.807) is 0 Å². The van der Waals surface area contributed by atoms with E-state index in [0.29, 0.717) is 19.1 Å². The Bertz CT molecular complexity index is 728. The van der Waals surface area contributed by atoms with Crippen LogP contribution in [0.15, 0.2) is 67.2 Å². The minimum atomic E-state index is 0.171. The first-order valence-electron chi connectivity index (χ1n) is 13.6. The maximum atomic E-state index is 6.08.